The number of carbonyl (C=O) groups excluding carboxylic acids is 4. The van der Waals surface area contributed by atoms with Gasteiger partial charge >= 0.3 is 5.97 Å². The molecule has 0 atom stereocenters. The Kier molecular flexibility index (Phi) is 6.71. The van der Waals surface area contributed by atoms with Crippen molar-refractivity contribution in [2.75, 3.05) is 38.6 Å². The molecule has 0 aromatic heterocycles. The average molecular weight is 361 g/mol. The lowest BCUT2D eigenvalue weighted by molar-refractivity contribution is -0.144. The van der Waals surface area contributed by atoms with Gasteiger partial charge in [0.05, 0.1) is 13.5 Å². The molecule has 0 saturated carbocycles. The summed E-state index contributed by atoms with van der Waals surface area (Å²) >= 11 is 0. The fourth-order valence-corrected chi connectivity index (χ4v) is 2.74. The SMILES string of the molecule is COC(=O)CCC(=O)N1CCN(C(=O)c2cccc(NC(C)=O)c2)CC1. The van der Waals surface area contributed by atoms with Gasteiger partial charge in [-0.3, -0.25) is 19.2 Å². The van der Waals surface area contributed by atoms with Crippen LogP contribution in [0.25, 0.3) is 0 Å². The maximum absolute atomic E-state index is 12.6. The maximum atomic E-state index is 12.6. The molecule has 1 aliphatic heterocycles. The third kappa shape index (κ3) is 5.30. The third-order valence-corrected chi connectivity index (χ3v) is 4.12. The number of hydrogen-bond donors (Lipinski definition) is 1. The molecule has 26 heavy (non-hydrogen) atoms. The monoisotopic (exact) mass is 361 g/mol. The van der Waals surface area contributed by atoms with Gasteiger partial charge in [-0.2, -0.15) is 0 Å². The zero-order valence-electron chi connectivity index (χ0n) is 15.0. The van der Waals surface area contributed by atoms with Gasteiger partial charge in [-0.25, -0.2) is 0 Å². The van der Waals surface area contributed by atoms with Gasteiger partial charge in [0, 0.05) is 50.8 Å². The van der Waals surface area contributed by atoms with Crippen LogP contribution in [0.5, 0.6) is 0 Å². The summed E-state index contributed by atoms with van der Waals surface area (Å²) < 4.78 is 4.53. The predicted molar refractivity (Wildman–Crippen MR) is 94.5 cm³/mol. The molecule has 8 heteroatoms. The summed E-state index contributed by atoms with van der Waals surface area (Å²) in [5, 5.41) is 2.65. The molecule has 1 heterocycles. The van der Waals surface area contributed by atoms with Crippen molar-refractivity contribution in [2.45, 2.75) is 19.8 Å². The Bertz CT molecular complexity index is 696. The molecule has 8 nitrogen and oxygen atoms in total. The Morgan fingerprint density at radius 3 is 2.31 bits per heavy atom. The molecule has 0 aliphatic carbocycles. The number of benzene rings is 1. The van der Waals surface area contributed by atoms with E-state index in [1.807, 2.05) is 0 Å². The first-order valence-electron chi connectivity index (χ1n) is 8.42. The van der Waals surface area contributed by atoms with Crippen LogP contribution in [0.2, 0.25) is 0 Å². The zero-order valence-corrected chi connectivity index (χ0v) is 15.0. The minimum atomic E-state index is -0.411. The highest BCUT2D eigenvalue weighted by Crippen LogP contribution is 2.15. The molecule has 1 aliphatic rings. The molecule has 1 saturated heterocycles. The van der Waals surface area contributed by atoms with Crippen molar-refractivity contribution in [3.8, 4) is 0 Å². The second-order valence-electron chi connectivity index (χ2n) is 6.01. The largest absolute Gasteiger partial charge is 0.469 e. The lowest BCUT2D eigenvalue weighted by Crippen LogP contribution is -2.50. The molecule has 3 amide bonds. The number of methoxy groups -OCH3 is 1. The molecule has 0 bridgehead atoms. The minimum Gasteiger partial charge on any atom is -0.469 e. The number of rotatable bonds is 5. The van der Waals surface area contributed by atoms with Crippen LogP contribution in [0.4, 0.5) is 5.69 Å². The highest BCUT2D eigenvalue weighted by atomic mass is 16.5. The second kappa shape index (κ2) is 8.98. The van der Waals surface area contributed by atoms with E-state index < -0.39 is 5.97 Å². The number of ether oxygens (including phenoxy) is 1. The first-order chi connectivity index (χ1) is 12.4. The van der Waals surface area contributed by atoms with Crippen molar-refractivity contribution in [3.63, 3.8) is 0 Å². The van der Waals surface area contributed by atoms with Crippen LogP contribution in [0, 0.1) is 0 Å². The molecule has 1 aromatic carbocycles. The van der Waals surface area contributed by atoms with Crippen LogP contribution >= 0.6 is 0 Å². The number of carbonyl (C=O) groups is 4. The fourth-order valence-electron chi connectivity index (χ4n) is 2.74. The average Bonchev–Trinajstić information content (AvgIpc) is 2.65. The topological polar surface area (TPSA) is 96.0 Å². The smallest absolute Gasteiger partial charge is 0.306 e. The van der Waals surface area contributed by atoms with Gasteiger partial charge in [0.1, 0.15) is 0 Å². The van der Waals surface area contributed by atoms with E-state index >= 15 is 0 Å². The quantitative estimate of drug-likeness (QED) is 0.786. The summed E-state index contributed by atoms with van der Waals surface area (Å²) in [5.41, 5.74) is 1.06. The van der Waals surface area contributed by atoms with Gasteiger partial charge in [0.15, 0.2) is 0 Å². The Morgan fingerprint density at radius 2 is 1.69 bits per heavy atom. The molecular formula is C18H23N3O5. The minimum absolute atomic E-state index is 0.0599. The van der Waals surface area contributed by atoms with Crippen LogP contribution in [0.1, 0.15) is 30.1 Å². The lowest BCUT2D eigenvalue weighted by Gasteiger charge is -2.35. The van der Waals surface area contributed by atoms with Crippen LogP contribution in [0.3, 0.4) is 0 Å². The van der Waals surface area contributed by atoms with Crippen molar-refractivity contribution in [2.24, 2.45) is 0 Å². The van der Waals surface area contributed by atoms with Crippen LogP contribution in [0.15, 0.2) is 24.3 Å². The molecule has 0 spiro atoms. The third-order valence-electron chi connectivity index (χ3n) is 4.12. The summed E-state index contributed by atoms with van der Waals surface area (Å²) in [6, 6.07) is 6.76. The van der Waals surface area contributed by atoms with Crippen molar-refractivity contribution in [1.82, 2.24) is 9.80 Å². The van der Waals surface area contributed by atoms with Crippen molar-refractivity contribution < 1.29 is 23.9 Å². The van der Waals surface area contributed by atoms with E-state index in [1.54, 1.807) is 34.1 Å². The standard InChI is InChI=1S/C18H23N3O5/c1-13(22)19-15-5-3-4-14(12-15)18(25)21-10-8-20(9-11-21)16(23)6-7-17(24)26-2/h3-5,12H,6-11H2,1-2H3,(H,19,22). The molecule has 0 unspecified atom stereocenters. The van der Waals surface area contributed by atoms with E-state index in [0.29, 0.717) is 37.4 Å². The summed E-state index contributed by atoms with van der Waals surface area (Å²) in [4.78, 5) is 50.3. The van der Waals surface area contributed by atoms with E-state index in [-0.39, 0.29) is 30.6 Å². The van der Waals surface area contributed by atoms with Gasteiger partial charge in [0.25, 0.3) is 5.91 Å². The van der Waals surface area contributed by atoms with Crippen molar-refractivity contribution in [1.29, 1.82) is 0 Å². The van der Waals surface area contributed by atoms with E-state index in [4.69, 9.17) is 0 Å². The number of hydrogen-bond acceptors (Lipinski definition) is 5. The molecular weight excluding hydrogens is 338 g/mol. The fraction of sp³-hybridized carbons (Fsp3) is 0.444. The second-order valence-corrected chi connectivity index (χ2v) is 6.01. The molecule has 1 fully saturated rings. The number of anilines is 1. The van der Waals surface area contributed by atoms with Gasteiger partial charge in [-0.1, -0.05) is 6.07 Å². The first kappa shape index (κ1) is 19.4. The van der Waals surface area contributed by atoms with E-state index in [9.17, 15) is 19.2 Å². The van der Waals surface area contributed by atoms with Gasteiger partial charge < -0.3 is 19.9 Å². The summed E-state index contributed by atoms with van der Waals surface area (Å²) in [7, 11) is 1.29. The summed E-state index contributed by atoms with van der Waals surface area (Å²) in [5.74, 6) is -0.867. The molecule has 1 aromatic rings. The number of nitrogens with zero attached hydrogens (tertiary/aromatic N) is 2. The number of esters is 1. The zero-order chi connectivity index (χ0) is 19.1. The van der Waals surface area contributed by atoms with E-state index in [0.717, 1.165) is 0 Å². The highest BCUT2D eigenvalue weighted by Gasteiger charge is 2.25. The molecule has 140 valence electrons. The van der Waals surface area contributed by atoms with Gasteiger partial charge in [-0.15, -0.1) is 0 Å². The Hall–Kier alpha value is -2.90. The maximum Gasteiger partial charge on any atom is 0.306 e. The van der Waals surface area contributed by atoms with Gasteiger partial charge in [-0.05, 0) is 18.2 Å². The normalized spacial score (nSPS) is 13.9. The Balaban J connectivity index is 1.89. The highest BCUT2D eigenvalue weighted by molar-refractivity contribution is 5.97. The number of nitrogens with one attached hydrogen (secondary N) is 1. The van der Waals surface area contributed by atoms with Crippen molar-refractivity contribution >= 4 is 29.4 Å². The molecule has 0 radical (unpaired) electrons. The van der Waals surface area contributed by atoms with Gasteiger partial charge in [0.2, 0.25) is 11.8 Å². The summed E-state index contributed by atoms with van der Waals surface area (Å²) in [6.07, 6.45) is 0.170. The molecule has 2 rings (SSSR count). The Morgan fingerprint density at radius 1 is 1.04 bits per heavy atom. The molecule has 1 N–H and O–H groups in total. The van der Waals surface area contributed by atoms with Crippen molar-refractivity contribution in [3.05, 3.63) is 29.8 Å². The Labute approximate surface area is 152 Å². The first-order valence-corrected chi connectivity index (χ1v) is 8.42. The van der Waals surface area contributed by atoms with Crippen LogP contribution in [-0.4, -0.2) is 66.8 Å². The van der Waals surface area contributed by atoms with E-state index in [2.05, 4.69) is 10.1 Å². The lowest BCUT2D eigenvalue weighted by atomic mass is 10.1. The van der Waals surface area contributed by atoms with E-state index in [1.165, 1.54) is 14.0 Å². The predicted octanol–water partition coefficient (Wildman–Crippen LogP) is 0.883. The van der Waals surface area contributed by atoms with Crippen LogP contribution < -0.4 is 5.32 Å². The number of piperazine rings is 1. The summed E-state index contributed by atoms with van der Waals surface area (Å²) in [6.45, 7) is 3.11. The van der Waals surface area contributed by atoms with Crippen LogP contribution in [-0.2, 0) is 19.1 Å². The number of amides is 3.